The van der Waals surface area contributed by atoms with Crippen molar-refractivity contribution < 1.29 is 18.0 Å². The van der Waals surface area contributed by atoms with Gasteiger partial charge < -0.3 is 16.4 Å². The molecule has 2 aromatic carbocycles. The monoisotopic (exact) mass is 364 g/mol. The minimum Gasteiger partial charge on any atom is -0.370 e. The number of hydrogen-bond acceptors (Lipinski definition) is 1. The summed E-state index contributed by atoms with van der Waals surface area (Å²) in [7, 11) is 0. The summed E-state index contributed by atoms with van der Waals surface area (Å²) in [6, 6.07) is 5.88. The van der Waals surface area contributed by atoms with Gasteiger partial charge in [-0.3, -0.25) is 0 Å². The van der Waals surface area contributed by atoms with Gasteiger partial charge in [-0.2, -0.15) is 4.99 Å². The molecular formula is C18H19F3N4O. The van der Waals surface area contributed by atoms with Crippen molar-refractivity contribution in [3.63, 3.8) is 0 Å². The molecule has 1 heterocycles. The van der Waals surface area contributed by atoms with E-state index in [0.717, 1.165) is 11.6 Å². The minimum atomic E-state index is -1.25. The number of guanidine groups is 1. The number of carbonyl (C=O) groups is 1. The van der Waals surface area contributed by atoms with Gasteiger partial charge in [0.2, 0.25) is 0 Å². The Hall–Kier alpha value is -3.03. The summed E-state index contributed by atoms with van der Waals surface area (Å²) < 4.78 is 40.9. The second kappa shape index (κ2) is 7.47. The number of benzene rings is 2. The molecule has 0 saturated carbocycles. The topological polar surface area (TPSA) is 84.7 Å². The number of aliphatic imine (C=N–C) groups is 1. The van der Waals surface area contributed by atoms with Gasteiger partial charge in [0.15, 0.2) is 17.6 Å². The number of halogens is 3. The molecule has 0 aliphatic carbocycles. The molecule has 2 aromatic rings. The summed E-state index contributed by atoms with van der Waals surface area (Å²) in [5.74, 6) is -3.62. The molecule has 138 valence electrons. The van der Waals surface area contributed by atoms with Crippen LogP contribution in [0.5, 0.6) is 0 Å². The zero-order valence-electron chi connectivity index (χ0n) is 13.1. The lowest BCUT2D eigenvalue weighted by Gasteiger charge is -2.29. The molecule has 1 aliphatic rings. The Morgan fingerprint density at radius 3 is 2.42 bits per heavy atom. The van der Waals surface area contributed by atoms with Crippen molar-refractivity contribution in [2.24, 2.45) is 16.5 Å². The second-order valence-electron chi connectivity index (χ2n) is 5.68. The summed E-state index contributed by atoms with van der Waals surface area (Å²) in [5, 5.41) is 0. The molecule has 0 unspecified atom stereocenters. The molecule has 4 N–H and O–H groups in total. The molecular weight excluding hydrogens is 345 g/mol. The molecule has 8 heteroatoms. The molecule has 2 amide bonds. The SMILES string of the molecule is C.NC(N)=NC(=O)N1CCc2cccc(-c3cc(F)c(F)cc3F)c2C1. The van der Waals surface area contributed by atoms with Crippen LogP contribution in [0.2, 0.25) is 0 Å². The van der Waals surface area contributed by atoms with Crippen LogP contribution in [0.3, 0.4) is 0 Å². The first-order chi connectivity index (χ1) is 11.9. The number of rotatable bonds is 1. The lowest BCUT2D eigenvalue weighted by atomic mass is 9.91. The Bertz CT molecular complexity index is 879. The highest BCUT2D eigenvalue weighted by atomic mass is 19.2. The minimum absolute atomic E-state index is 0. The van der Waals surface area contributed by atoms with Crippen LogP contribution in [0, 0.1) is 17.5 Å². The number of nitrogens with zero attached hydrogens (tertiary/aromatic N) is 2. The van der Waals surface area contributed by atoms with Crippen LogP contribution in [-0.2, 0) is 13.0 Å². The van der Waals surface area contributed by atoms with E-state index >= 15 is 0 Å². The van der Waals surface area contributed by atoms with Crippen molar-refractivity contribution in [2.75, 3.05) is 6.54 Å². The summed E-state index contributed by atoms with van der Waals surface area (Å²) in [6.07, 6.45) is 0.514. The highest BCUT2D eigenvalue weighted by Crippen LogP contribution is 2.33. The smallest absolute Gasteiger partial charge is 0.347 e. The third-order valence-corrected chi connectivity index (χ3v) is 4.07. The normalized spacial score (nSPS) is 12.8. The lowest BCUT2D eigenvalue weighted by Crippen LogP contribution is -2.36. The number of nitrogens with two attached hydrogens (primary N) is 2. The molecule has 5 nitrogen and oxygen atoms in total. The lowest BCUT2D eigenvalue weighted by molar-refractivity contribution is 0.203. The number of carbonyl (C=O) groups excluding carboxylic acids is 1. The highest BCUT2D eigenvalue weighted by molar-refractivity contribution is 5.90. The molecule has 0 atom stereocenters. The Morgan fingerprint density at radius 1 is 1.04 bits per heavy atom. The van der Waals surface area contributed by atoms with Crippen LogP contribution in [0.1, 0.15) is 18.6 Å². The molecule has 0 spiro atoms. The van der Waals surface area contributed by atoms with Gasteiger partial charge in [-0.15, -0.1) is 0 Å². The quantitative estimate of drug-likeness (QED) is 0.463. The van der Waals surface area contributed by atoms with Crippen molar-refractivity contribution in [2.45, 2.75) is 20.4 Å². The predicted octanol–water partition coefficient (Wildman–Crippen LogP) is 3.16. The van der Waals surface area contributed by atoms with Gasteiger partial charge in [0.05, 0.1) is 0 Å². The van der Waals surface area contributed by atoms with Crippen molar-refractivity contribution in [1.29, 1.82) is 0 Å². The van der Waals surface area contributed by atoms with Crippen LogP contribution in [-0.4, -0.2) is 23.4 Å². The van der Waals surface area contributed by atoms with Crippen LogP contribution in [0.25, 0.3) is 11.1 Å². The van der Waals surface area contributed by atoms with E-state index in [1.165, 1.54) is 4.90 Å². The fraction of sp³-hybridized carbons (Fsp3) is 0.222. The standard InChI is InChI=1S/C17H15F3N4O.CH4/c18-13-7-15(20)14(19)6-11(13)10-3-1-2-9-4-5-24(8-12(9)10)17(25)23-16(21)22;/h1-3,6-7H,4-5,8H2,(H4,21,22,23,25);1H4. The number of hydrogen-bond donors (Lipinski definition) is 2. The van der Waals surface area contributed by atoms with Crippen LogP contribution in [0.4, 0.5) is 18.0 Å². The van der Waals surface area contributed by atoms with Gasteiger partial charge in [-0.1, -0.05) is 25.6 Å². The Labute approximate surface area is 149 Å². The zero-order valence-corrected chi connectivity index (χ0v) is 13.1. The number of urea groups is 1. The number of amides is 2. The van der Waals surface area contributed by atoms with Crippen molar-refractivity contribution in [3.8, 4) is 11.1 Å². The molecule has 0 saturated heterocycles. The maximum Gasteiger partial charge on any atom is 0.347 e. The first-order valence-electron chi connectivity index (χ1n) is 7.51. The van der Waals surface area contributed by atoms with E-state index in [9.17, 15) is 18.0 Å². The van der Waals surface area contributed by atoms with E-state index in [2.05, 4.69) is 4.99 Å². The molecule has 0 radical (unpaired) electrons. The molecule has 0 bridgehead atoms. The van der Waals surface area contributed by atoms with E-state index in [-0.39, 0.29) is 25.5 Å². The fourth-order valence-electron chi connectivity index (χ4n) is 2.91. The third-order valence-electron chi connectivity index (χ3n) is 4.07. The molecule has 26 heavy (non-hydrogen) atoms. The Balaban J connectivity index is 0.00000243. The van der Waals surface area contributed by atoms with E-state index in [0.29, 0.717) is 30.2 Å². The van der Waals surface area contributed by atoms with E-state index in [1.54, 1.807) is 12.1 Å². The molecule has 0 fully saturated rings. The fourth-order valence-corrected chi connectivity index (χ4v) is 2.91. The third kappa shape index (κ3) is 3.63. The van der Waals surface area contributed by atoms with E-state index in [4.69, 9.17) is 11.5 Å². The van der Waals surface area contributed by atoms with Crippen molar-refractivity contribution >= 4 is 12.0 Å². The maximum absolute atomic E-state index is 14.2. The summed E-state index contributed by atoms with van der Waals surface area (Å²) in [6.45, 7) is 0.534. The van der Waals surface area contributed by atoms with Crippen LogP contribution >= 0.6 is 0 Å². The zero-order chi connectivity index (χ0) is 18.1. The summed E-state index contributed by atoms with van der Waals surface area (Å²) in [5.41, 5.74) is 12.3. The average Bonchev–Trinajstić information content (AvgIpc) is 2.56. The Kier molecular flexibility index (Phi) is 5.54. The van der Waals surface area contributed by atoms with Gasteiger partial charge in [0.1, 0.15) is 5.82 Å². The Morgan fingerprint density at radius 2 is 1.73 bits per heavy atom. The van der Waals surface area contributed by atoms with Crippen LogP contribution < -0.4 is 11.5 Å². The van der Waals surface area contributed by atoms with E-state index < -0.39 is 23.5 Å². The maximum atomic E-state index is 14.2. The summed E-state index contributed by atoms with van der Waals surface area (Å²) >= 11 is 0. The van der Waals surface area contributed by atoms with Gasteiger partial charge in [-0.25, -0.2) is 18.0 Å². The van der Waals surface area contributed by atoms with Crippen molar-refractivity contribution in [3.05, 3.63) is 58.9 Å². The van der Waals surface area contributed by atoms with Crippen molar-refractivity contribution in [1.82, 2.24) is 4.90 Å². The molecule has 0 aromatic heterocycles. The number of fused-ring (bicyclic) bond motifs is 1. The molecule has 1 aliphatic heterocycles. The van der Waals surface area contributed by atoms with Gasteiger partial charge in [-0.05, 0) is 29.2 Å². The van der Waals surface area contributed by atoms with Gasteiger partial charge >= 0.3 is 6.03 Å². The average molecular weight is 364 g/mol. The largest absolute Gasteiger partial charge is 0.370 e. The van der Waals surface area contributed by atoms with Gasteiger partial charge in [0, 0.05) is 24.7 Å². The summed E-state index contributed by atoms with van der Waals surface area (Å²) in [4.78, 5) is 16.9. The second-order valence-corrected chi connectivity index (χ2v) is 5.68. The first-order valence-corrected chi connectivity index (χ1v) is 7.51. The van der Waals surface area contributed by atoms with Gasteiger partial charge in [0.25, 0.3) is 0 Å². The van der Waals surface area contributed by atoms with Crippen LogP contribution in [0.15, 0.2) is 35.3 Å². The highest BCUT2D eigenvalue weighted by Gasteiger charge is 2.24. The predicted molar refractivity (Wildman–Crippen MR) is 93.8 cm³/mol. The molecule has 3 rings (SSSR count). The first kappa shape index (κ1) is 19.3. The van der Waals surface area contributed by atoms with E-state index in [1.807, 2.05) is 6.07 Å².